The number of urea groups is 1. The molecule has 2 aromatic rings. The van der Waals surface area contributed by atoms with Crippen LogP contribution in [-0.2, 0) is 35.0 Å². The summed E-state index contributed by atoms with van der Waals surface area (Å²) in [6, 6.07) is 4.39. The van der Waals surface area contributed by atoms with Crippen LogP contribution in [0.1, 0.15) is 74.3 Å². The smallest absolute Gasteiger partial charge is 0.430 e. The van der Waals surface area contributed by atoms with Crippen molar-refractivity contribution < 1.29 is 58.9 Å². The molecule has 2 aromatic carbocycles. The van der Waals surface area contributed by atoms with Crippen LogP contribution >= 0.6 is 0 Å². The van der Waals surface area contributed by atoms with Crippen LogP contribution < -0.4 is 10.1 Å². The van der Waals surface area contributed by atoms with Crippen molar-refractivity contribution >= 4 is 11.9 Å². The van der Waals surface area contributed by atoms with E-state index in [1.165, 1.54) is 6.92 Å². The van der Waals surface area contributed by atoms with E-state index in [2.05, 4.69) is 5.32 Å². The van der Waals surface area contributed by atoms with E-state index in [1.807, 2.05) is 0 Å². The first-order valence-electron chi connectivity index (χ1n) is 14.2. The minimum absolute atomic E-state index is 0.0601. The molecule has 0 saturated carbocycles. The van der Waals surface area contributed by atoms with Gasteiger partial charge in [-0.2, -0.15) is 39.5 Å². The molecule has 0 radical (unpaired) electrons. The van der Waals surface area contributed by atoms with Gasteiger partial charge < -0.3 is 15.2 Å². The normalized spacial score (nSPS) is 18.0. The summed E-state index contributed by atoms with van der Waals surface area (Å²) >= 11 is 0. The zero-order valence-corrected chi connectivity index (χ0v) is 24.6. The van der Waals surface area contributed by atoms with Gasteiger partial charge in [-0.1, -0.05) is 38.8 Å². The number of alkyl halides is 9. The number of halogens is 9. The molecule has 0 spiro atoms. The van der Waals surface area contributed by atoms with Crippen LogP contribution in [0.5, 0.6) is 5.75 Å². The van der Waals surface area contributed by atoms with Gasteiger partial charge in [0.2, 0.25) is 0 Å². The van der Waals surface area contributed by atoms with E-state index in [9.17, 15) is 54.2 Å². The van der Waals surface area contributed by atoms with Crippen LogP contribution in [0.2, 0.25) is 0 Å². The molecule has 1 saturated heterocycles. The van der Waals surface area contributed by atoms with E-state index in [-0.39, 0.29) is 61.3 Å². The molecule has 0 bridgehead atoms. The van der Waals surface area contributed by atoms with E-state index in [1.54, 1.807) is 13.8 Å². The van der Waals surface area contributed by atoms with Crippen molar-refractivity contribution in [3.8, 4) is 5.75 Å². The average molecular weight is 657 g/mol. The number of amides is 3. The van der Waals surface area contributed by atoms with Gasteiger partial charge in [0.25, 0.3) is 11.5 Å². The Morgan fingerprint density at radius 3 is 1.78 bits per heavy atom. The number of nitrogens with zero attached hydrogens (tertiary/aromatic N) is 1. The molecule has 6 nitrogen and oxygen atoms in total. The Labute approximate surface area is 253 Å². The number of aliphatic hydroxyl groups is 1. The summed E-state index contributed by atoms with van der Waals surface area (Å²) in [6.07, 6.45) is -15.4. The van der Waals surface area contributed by atoms with Gasteiger partial charge in [-0.3, -0.25) is 9.69 Å². The molecular formula is C30H33F9N2O4. The van der Waals surface area contributed by atoms with Crippen molar-refractivity contribution in [2.45, 2.75) is 89.0 Å². The molecule has 0 aromatic heterocycles. The molecule has 1 atom stereocenters. The third kappa shape index (κ3) is 7.17. The van der Waals surface area contributed by atoms with E-state index in [0.717, 1.165) is 29.2 Å². The minimum atomic E-state index is -6.04. The first-order valence-corrected chi connectivity index (χ1v) is 14.2. The first kappa shape index (κ1) is 36.0. The summed E-state index contributed by atoms with van der Waals surface area (Å²) in [5.41, 5.74) is -8.67. The number of nitrogens with one attached hydrogen (secondary N) is 1. The van der Waals surface area contributed by atoms with Crippen molar-refractivity contribution in [1.29, 1.82) is 0 Å². The Kier molecular flexibility index (Phi) is 10.5. The highest BCUT2D eigenvalue weighted by atomic mass is 19.4. The molecule has 1 heterocycles. The quantitative estimate of drug-likeness (QED) is 0.141. The Morgan fingerprint density at radius 2 is 1.33 bits per heavy atom. The molecule has 3 amide bonds. The van der Waals surface area contributed by atoms with Crippen molar-refractivity contribution in [3.63, 3.8) is 0 Å². The third-order valence-corrected chi connectivity index (χ3v) is 7.61. The number of aryl methyl sites for hydroxylation is 2. The van der Waals surface area contributed by atoms with Crippen LogP contribution in [0.3, 0.4) is 0 Å². The fourth-order valence-electron chi connectivity index (χ4n) is 5.18. The Balaban J connectivity index is 1.74. The summed E-state index contributed by atoms with van der Waals surface area (Å²) in [7, 11) is 0. The molecule has 45 heavy (non-hydrogen) atoms. The number of ether oxygens (including phenoxy) is 1. The Morgan fingerprint density at radius 1 is 0.822 bits per heavy atom. The Hall–Kier alpha value is -3.49. The Bertz CT molecular complexity index is 1330. The molecule has 1 aliphatic heterocycles. The molecule has 2 N–H and O–H groups in total. The predicted molar refractivity (Wildman–Crippen MR) is 144 cm³/mol. The van der Waals surface area contributed by atoms with E-state index < -0.39 is 52.7 Å². The maximum atomic E-state index is 13.6. The van der Waals surface area contributed by atoms with Gasteiger partial charge in [-0.05, 0) is 73.6 Å². The zero-order valence-electron chi connectivity index (χ0n) is 24.6. The molecule has 0 aliphatic carbocycles. The highest BCUT2D eigenvalue weighted by Gasteiger charge is 2.71. The van der Waals surface area contributed by atoms with Crippen molar-refractivity contribution in [1.82, 2.24) is 10.2 Å². The summed E-state index contributed by atoms with van der Waals surface area (Å²) in [5, 5.41) is 12.5. The molecule has 1 aliphatic rings. The zero-order chi connectivity index (χ0) is 34.0. The first-order chi connectivity index (χ1) is 20.7. The molecule has 1 fully saturated rings. The monoisotopic (exact) mass is 656 g/mol. The molecule has 15 heteroatoms. The second kappa shape index (κ2) is 13.1. The highest BCUT2D eigenvalue weighted by molar-refractivity contribution is 6.07. The van der Waals surface area contributed by atoms with Crippen LogP contribution in [-0.4, -0.2) is 47.4 Å². The second-order valence-corrected chi connectivity index (χ2v) is 11.0. The van der Waals surface area contributed by atoms with Crippen molar-refractivity contribution in [2.24, 2.45) is 0 Å². The number of carbonyl (C=O) groups excluding carboxylic acids is 2. The van der Waals surface area contributed by atoms with Crippen LogP contribution in [0.15, 0.2) is 36.4 Å². The third-order valence-electron chi connectivity index (χ3n) is 7.61. The van der Waals surface area contributed by atoms with Crippen molar-refractivity contribution in [3.05, 3.63) is 64.2 Å². The maximum absolute atomic E-state index is 13.6. The summed E-state index contributed by atoms with van der Waals surface area (Å²) < 4.78 is 126. The van der Waals surface area contributed by atoms with Gasteiger partial charge >= 0.3 is 24.6 Å². The fraction of sp³-hybridized carbons (Fsp3) is 0.533. The van der Waals surface area contributed by atoms with Crippen LogP contribution in [0.4, 0.5) is 44.3 Å². The topological polar surface area (TPSA) is 78.9 Å². The molecule has 1 unspecified atom stereocenters. The van der Waals surface area contributed by atoms with Gasteiger partial charge in [-0.25, -0.2) is 4.79 Å². The summed E-state index contributed by atoms with van der Waals surface area (Å²) in [5.74, 6) is -0.569. The molecule has 250 valence electrons. The molecule has 3 rings (SSSR count). The average Bonchev–Trinajstić information content (AvgIpc) is 3.15. The summed E-state index contributed by atoms with van der Waals surface area (Å²) in [6.45, 7) is 4.57. The SMILES string of the molecule is CCCc1cc(C(O)(C(F)(F)F)C(F)(F)F)cc(CCC)c1OCCCCN1C(=O)NC(C)(c2ccc(C(F)(F)F)cc2)C1=O. The lowest BCUT2D eigenvalue weighted by atomic mass is 9.87. The second-order valence-electron chi connectivity index (χ2n) is 11.0. The minimum Gasteiger partial charge on any atom is -0.493 e. The summed E-state index contributed by atoms with van der Waals surface area (Å²) in [4.78, 5) is 26.6. The fourth-order valence-corrected chi connectivity index (χ4v) is 5.18. The van der Waals surface area contributed by atoms with Gasteiger partial charge in [0.1, 0.15) is 11.3 Å². The lowest BCUT2D eigenvalue weighted by Gasteiger charge is -2.33. The van der Waals surface area contributed by atoms with Gasteiger partial charge in [0, 0.05) is 12.1 Å². The molecular weight excluding hydrogens is 623 g/mol. The number of carbonyl (C=O) groups is 2. The number of benzene rings is 2. The number of hydrogen-bond acceptors (Lipinski definition) is 4. The lowest BCUT2D eigenvalue weighted by molar-refractivity contribution is -0.376. The highest BCUT2D eigenvalue weighted by Crippen LogP contribution is 2.51. The van der Waals surface area contributed by atoms with E-state index in [0.29, 0.717) is 25.0 Å². The van der Waals surface area contributed by atoms with E-state index >= 15 is 0 Å². The standard InChI is InChI=1S/C30H33F9N2O4/c1-4-8-18-16-22(27(44,29(34,35)36)30(37,38)39)17-19(9-5-2)23(18)45-15-7-6-14-41-24(42)26(3,40-25(41)43)20-10-12-21(13-11-20)28(31,32)33/h10-13,16-17,44H,4-9,14-15H2,1-3H3,(H,40,43). The number of unbranched alkanes of at least 4 members (excludes halogenated alkanes) is 1. The number of imide groups is 1. The lowest BCUT2D eigenvalue weighted by Crippen LogP contribution is -2.54. The van der Waals surface area contributed by atoms with Crippen LogP contribution in [0, 0.1) is 0 Å². The largest absolute Gasteiger partial charge is 0.493 e. The predicted octanol–water partition coefficient (Wildman–Crippen LogP) is 7.55. The van der Waals surface area contributed by atoms with Crippen LogP contribution in [0.25, 0.3) is 0 Å². The van der Waals surface area contributed by atoms with Gasteiger partial charge in [-0.15, -0.1) is 0 Å². The van der Waals surface area contributed by atoms with E-state index in [4.69, 9.17) is 4.74 Å². The van der Waals surface area contributed by atoms with Gasteiger partial charge in [0.05, 0.1) is 12.2 Å². The van der Waals surface area contributed by atoms with Crippen molar-refractivity contribution in [2.75, 3.05) is 13.2 Å². The maximum Gasteiger partial charge on any atom is 0.430 e. The number of rotatable bonds is 12. The number of hydrogen-bond donors (Lipinski definition) is 2. The van der Waals surface area contributed by atoms with Gasteiger partial charge in [0.15, 0.2) is 0 Å².